The van der Waals surface area contributed by atoms with E-state index in [1.54, 1.807) is 0 Å². The van der Waals surface area contributed by atoms with Gasteiger partial charge in [0.15, 0.2) is 0 Å². The summed E-state index contributed by atoms with van der Waals surface area (Å²) in [6, 6.07) is 3.77. The highest BCUT2D eigenvalue weighted by atomic mass is 16.6. The third-order valence-corrected chi connectivity index (χ3v) is 2.78. The van der Waals surface area contributed by atoms with Gasteiger partial charge < -0.3 is 15.2 Å². The lowest BCUT2D eigenvalue weighted by molar-refractivity contribution is -0.384. The van der Waals surface area contributed by atoms with Crippen molar-refractivity contribution in [2.75, 3.05) is 18.5 Å². The van der Waals surface area contributed by atoms with E-state index in [2.05, 4.69) is 5.32 Å². The highest BCUT2D eigenvalue weighted by molar-refractivity contribution is 5.95. The van der Waals surface area contributed by atoms with Crippen LogP contribution in [0, 0.1) is 10.1 Å². The van der Waals surface area contributed by atoms with E-state index in [4.69, 9.17) is 9.84 Å². The minimum atomic E-state index is -1.19. The van der Waals surface area contributed by atoms with Gasteiger partial charge in [-0.15, -0.1) is 0 Å². The molecule has 0 aliphatic heterocycles. The standard InChI is InChI=1S/C14H20N2O5/c1-10(2)21-8-4-3-7-15-13-6-5-11(16(19)20)9-12(13)14(17)18/h5-6,9-10,15H,3-4,7-8H2,1-2H3,(H,17,18). The molecule has 0 fully saturated rings. The molecule has 0 heterocycles. The van der Waals surface area contributed by atoms with Crippen LogP contribution in [-0.2, 0) is 4.74 Å². The first-order chi connectivity index (χ1) is 9.91. The molecule has 0 saturated carbocycles. The number of nitro groups is 1. The van der Waals surface area contributed by atoms with Gasteiger partial charge in [0.05, 0.1) is 16.6 Å². The Morgan fingerprint density at radius 1 is 1.43 bits per heavy atom. The van der Waals surface area contributed by atoms with Crippen molar-refractivity contribution in [1.82, 2.24) is 0 Å². The van der Waals surface area contributed by atoms with Crippen LogP contribution < -0.4 is 5.32 Å². The van der Waals surface area contributed by atoms with E-state index in [9.17, 15) is 14.9 Å². The molecule has 0 aliphatic rings. The molecule has 1 aromatic rings. The second-order valence-electron chi connectivity index (χ2n) is 4.85. The zero-order valence-electron chi connectivity index (χ0n) is 12.2. The number of carbonyl (C=O) groups is 1. The molecule has 1 rings (SSSR count). The molecule has 1 aromatic carbocycles. The van der Waals surface area contributed by atoms with Crippen LogP contribution in [0.3, 0.4) is 0 Å². The van der Waals surface area contributed by atoms with Crippen LogP contribution in [0.1, 0.15) is 37.0 Å². The SMILES string of the molecule is CC(C)OCCCCNc1ccc([N+](=O)[O-])cc1C(=O)O. The summed E-state index contributed by atoms with van der Waals surface area (Å²) in [5.74, 6) is -1.19. The van der Waals surface area contributed by atoms with Crippen molar-refractivity contribution in [3.8, 4) is 0 Å². The number of nitrogens with zero attached hydrogens (tertiary/aromatic N) is 1. The number of unbranched alkanes of at least 4 members (excludes halogenated alkanes) is 1. The van der Waals surface area contributed by atoms with Gasteiger partial charge in [-0.3, -0.25) is 10.1 Å². The van der Waals surface area contributed by atoms with Gasteiger partial charge >= 0.3 is 5.97 Å². The summed E-state index contributed by atoms with van der Waals surface area (Å²) in [7, 11) is 0. The topological polar surface area (TPSA) is 102 Å². The fourth-order valence-corrected chi connectivity index (χ4v) is 1.75. The van der Waals surface area contributed by atoms with Crippen molar-refractivity contribution in [1.29, 1.82) is 0 Å². The van der Waals surface area contributed by atoms with Gasteiger partial charge in [-0.05, 0) is 32.8 Å². The largest absolute Gasteiger partial charge is 0.478 e. The fraction of sp³-hybridized carbons (Fsp3) is 0.500. The molecule has 2 N–H and O–H groups in total. The number of benzene rings is 1. The zero-order chi connectivity index (χ0) is 15.8. The lowest BCUT2D eigenvalue weighted by Gasteiger charge is -2.10. The van der Waals surface area contributed by atoms with Crippen LogP contribution in [0.4, 0.5) is 11.4 Å². The quantitative estimate of drug-likeness (QED) is 0.412. The van der Waals surface area contributed by atoms with E-state index >= 15 is 0 Å². The Labute approximate surface area is 123 Å². The van der Waals surface area contributed by atoms with Crippen molar-refractivity contribution in [3.05, 3.63) is 33.9 Å². The highest BCUT2D eigenvalue weighted by Gasteiger charge is 2.15. The number of hydrogen-bond donors (Lipinski definition) is 2. The number of aromatic carboxylic acids is 1. The monoisotopic (exact) mass is 296 g/mol. The second-order valence-corrected chi connectivity index (χ2v) is 4.85. The van der Waals surface area contributed by atoms with Crippen molar-refractivity contribution in [2.45, 2.75) is 32.8 Å². The summed E-state index contributed by atoms with van der Waals surface area (Å²) in [4.78, 5) is 21.2. The molecule has 0 bridgehead atoms. The number of rotatable bonds is 9. The summed E-state index contributed by atoms with van der Waals surface area (Å²) >= 11 is 0. The lowest BCUT2D eigenvalue weighted by Crippen LogP contribution is -2.10. The number of nitro benzene ring substituents is 1. The predicted molar refractivity (Wildman–Crippen MR) is 78.9 cm³/mol. The van der Waals surface area contributed by atoms with E-state index in [1.165, 1.54) is 12.1 Å². The van der Waals surface area contributed by atoms with Crippen molar-refractivity contribution < 1.29 is 19.6 Å². The Kier molecular flexibility index (Phi) is 6.61. The number of hydrogen-bond acceptors (Lipinski definition) is 5. The van der Waals surface area contributed by atoms with Gasteiger partial charge in [-0.25, -0.2) is 4.79 Å². The summed E-state index contributed by atoms with van der Waals surface area (Å²) in [5, 5.41) is 22.7. The molecular weight excluding hydrogens is 276 g/mol. The summed E-state index contributed by atoms with van der Waals surface area (Å²) in [5.41, 5.74) is 0.0591. The normalized spacial score (nSPS) is 10.6. The zero-order valence-corrected chi connectivity index (χ0v) is 12.2. The minimum Gasteiger partial charge on any atom is -0.478 e. The number of nitrogens with one attached hydrogen (secondary N) is 1. The van der Waals surface area contributed by atoms with Gasteiger partial charge in [-0.1, -0.05) is 0 Å². The summed E-state index contributed by atoms with van der Waals surface area (Å²) < 4.78 is 5.40. The van der Waals surface area contributed by atoms with E-state index in [0.29, 0.717) is 18.8 Å². The molecule has 0 amide bonds. The third-order valence-electron chi connectivity index (χ3n) is 2.78. The molecule has 0 atom stereocenters. The van der Waals surface area contributed by atoms with Gasteiger partial charge in [0, 0.05) is 31.0 Å². The molecule has 7 heteroatoms. The molecule has 0 radical (unpaired) electrons. The highest BCUT2D eigenvalue weighted by Crippen LogP contribution is 2.22. The first-order valence-corrected chi connectivity index (χ1v) is 6.79. The van der Waals surface area contributed by atoms with Crippen molar-refractivity contribution >= 4 is 17.3 Å². The number of carboxylic acid groups (broad SMARTS) is 1. The number of non-ortho nitro benzene ring substituents is 1. The Balaban J connectivity index is 2.54. The maximum Gasteiger partial charge on any atom is 0.338 e. The Bertz CT molecular complexity index is 502. The predicted octanol–water partition coefficient (Wildman–Crippen LogP) is 2.91. The molecule has 0 aliphatic carbocycles. The molecule has 116 valence electrons. The molecule has 0 unspecified atom stereocenters. The van der Waals surface area contributed by atoms with Crippen molar-refractivity contribution in [2.24, 2.45) is 0 Å². The van der Waals surface area contributed by atoms with Crippen LogP contribution in [0.2, 0.25) is 0 Å². The van der Waals surface area contributed by atoms with Crippen LogP contribution in [0.5, 0.6) is 0 Å². The minimum absolute atomic E-state index is 0.0948. The van der Waals surface area contributed by atoms with Gasteiger partial charge in [-0.2, -0.15) is 0 Å². The average Bonchev–Trinajstić information content (AvgIpc) is 2.42. The number of ether oxygens (including phenoxy) is 1. The van der Waals surface area contributed by atoms with E-state index in [-0.39, 0.29) is 17.4 Å². The maximum absolute atomic E-state index is 11.1. The van der Waals surface area contributed by atoms with Crippen LogP contribution >= 0.6 is 0 Å². The first kappa shape index (κ1) is 16.9. The molecule has 21 heavy (non-hydrogen) atoms. The Hall–Kier alpha value is -2.15. The van der Waals surface area contributed by atoms with Gasteiger partial charge in [0.25, 0.3) is 5.69 Å². The van der Waals surface area contributed by atoms with Gasteiger partial charge in [0.1, 0.15) is 0 Å². The van der Waals surface area contributed by atoms with Gasteiger partial charge in [0.2, 0.25) is 0 Å². The smallest absolute Gasteiger partial charge is 0.338 e. The fourth-order valence-electron chi connectivity index (χ4n) is 1.75. The molecule has 0 aromatic heterocycles. The van der Waals surface area contributed by atoms with E-state index in [0.717, 1.165) is 18.9 Å². The summed E-state index contributed by atoms with van der Waals surface area (Å²) in [6.45, 7) is 5.17. The average molecular weight is 296 g/mol. The Morgan fingerprint density at radius 3 is 2.71 bits per heavy atom. The summed E-state index contributed by atoms with van der Waals surface area (Å²) in [6.07, 6.45) is 1.88. The number of anilines is 1. The molecule has 0 saturated heterocycles. The second kappa shape index (κ2) is 8.21. The first-order valence-electron chi connectivity index (χ1n) is 6.79. The van der Waals surface area contributed by atoms with Crippen LogP contribution in [0.15, 0.2) is 18.2 Å². The third kappa shape index (κ3) is 5.78. The lowest BCUT2D eigenvalue weighted by atomic mass is 10.1. The van der Waals surface area contributed by atoms with Crippen LogP contribution in [0.25, 0.3) is 0 Å². The van der Waals surface area contributed by atoms with Crippen LogP contribution in [-0.4, -0.2) is 35.3 Å². The number of carboxylic acids is 1. The van der Waals surface area contributed by atoms with Crippen molar-refractivity contribution in [3.63, 3.8) is 0 Å². The molecule has 7 nitrogen and oxygen atoms in total. The van der Waals surface area contributed by atoms with E-state index in [1.807, 2.05) is 13.8 Å². The molecular formula is C14H20N2O5. The molecule has 0 spiro atoms. The Morgan fingerprint density at radius 2 is 2.14 bits per heavy atom. The maximum atomic E-state index is 11.1. The van der Waals surface area contributed by atoms with E-state index < -0.39 is 10.9 Å².